The fourth-order valence-electron chi connectivity index (χ4n) is 3.92. The molecule has 0 bridgehead atoms. The van der Waals surface area contributed by atoms with Gasteiger partial charge in [0, 0.05) is 31.2 Å². The smallest absolute Gasteiger partial charge is 0.410 e. The van der Waals surface area contributed by atoms with E-state index in [0.29, 0.717) is 44.6 Å². The monoisotopic (exact) mass is 417 g/mol. The summed E-state index contributed by atoms with van der Waals surface area (Å²) in [7, 11) is 0. The first-order valence-electron chi connectivity index (χ1n) is 10.5. The molecule has 0 unspecified atom stereocenters. The number of carbonyl (C=O) groups is 3. The fourth-order valence-corrected chi connectivity index (χ4v) is 3.92. The van der Waals surface area contributed by atoms with Gasteiger partial charge in [0.25, 0.3) is 0 Å². The number of benzene rings is 1. The lowest BCUT2D eigenvalue weighted by molar-refractivity contribution is -0.138. The number of anilines is 1. The molecule has 2 aliphatic rings. The molecule has 3 amide bonds. The fraction of sp³-hybridized carbons (Fsp3) is 0.591. The van der Waals surface area contributed by atoms with Crippen LogP contribution >= 0.6 is 0 Å². The minimum atomic E-state index is -0.601. The summed E-state index contributed by atoms with van der Waals surface area (Å²) in [6.45, 7) is 6.94. The van der Waals surface area contributed by atoms with Gasteiger partial charge in [-0.05, 0) is 70.7 Å². The number of hydrogen-bond acceptors (Lipinski definition) is 5. The van der Waals surface area contributed by atoms with Gasteiger partial charge < -0.3 is 20.1 Å². The number of piperidine rings is 1. The van der Waals surface area contributed by atoms with E-state index in [-0.39, 0.29) is 23.5 Å². The third-order valence-corrected chi connectivity index (χ3v) is 5.48. The van der Waals surface area contributed by atoms with E-state index in [1.807, 2.05) is 20.8 Å². The van der Waals surface area contributed by atoms with Gasteiger partial charge in [0.2, 0.25) is 11.8 Å². The molecule has 2 heterocycles. The summed E-state index contributed by atoms with van der Waals surface area (Å²) in [4.78, 5) is 41.3. The van der Waals surface area contributed by atoms with Crippen molar-refractivity contribution in [2.45, 2.75) is 58.1 Å². The second kappa shape index (κ2) is 8.93. The van der Waals surface area contributed by atoms with Gasteiger partial charge in [0.05, 0.1) is 0 Å². The molecule has 0 radical (unpaired) electrons. The molecule has 0 aromatic heterocycles. The van der Waals surface area contributed by atoms with Crippen LogP contribution in [0.3, 0.4) is 0 Å². The second-order valence-electron chi connectivity index (χ2n) is 8.97. The normalized spacial score (nSPS) is 20.2. The van der Waals surface area contributed by atoms with Crippen molar-refractivity contribution in [1.82, 2.24) is 9.80 Å². The zero-order valence-corrected chi connectivity index (χ0v) is 17.9. The van der Waals surface area contributed by atoms with Crippen LogP contribution in [0.15, 0.2) is 24.3 Å². The number of nitrogens with zero attached hydrogens (tertiary/aromatic N) is 2. The number of nitrogens with one attached hydrogen (secondary N) is 1. The zero-order chi connectivity index (χ0) is 21.9. The van der Waals surface area contributed by atoms with Gasteiger partial charge in [0.15, 0.2) is 0 Å². The van der Waals surface area contributed by atoms with Gasteiger partial charge in [-0.25, -0.2) is 4.79 Å². The predicted octanol–water partition coefficient (Wildman–Crippen LogP) is 2.97. The maximum Gasteiger partial charge on any atom is 0.410 e. The number of phenolic OH excluding ortho intramolecular Hbond substituents is 1. The number of hydrogen-bond donors (Lipinski definition) is 2. The van der Waals surface area contributed by atoms with Crippen molar-refractivity contribution in [3.63, 3.8) is 0 Å². The van der Waals surface area contributed by atoms with Crippen LogP contribution < -0.4 is 5.32 Å². The Morgan fingerprint density at radius 3 is 2.27 bits per heavy atom. The van der Waals surface area contributed by atoms with Crippen molar-refractivity contribution in [3.05, 3.63) is 24.3 Å². The number of phenols is 1. The number of likely N-dealkylation sites (tertiary alicyclic amines) is 2. The molecule has 8 heteroatoms. The predicted molar refractivity (Wildman–Crippen MR) is 112 cm³/mol. The van der Waals surface area contributed by atoms with E-state index < -0.39 is 17.7 Å². The highest BCUT2D eigenvalue weighted by atomic mass is 16.6. The van der Waals surface area contributed by atoms with Gasteiger partial charge >= 0.3 is 6.09 Å². The molecular weight excluding hydrogens is 386 g/mol. The lowest BCUT2D eigenvalue weighted by Gasteiger charge is -2.35. The quantitative estimate of drug-likeness (QED) is 0.737. The third kappa shape index (κ3) is 5.43. The molecule has 1 aromatic carbocycles. The van der Waals surface area contributed by atoms with Crippen LogP contribution in [-0.4, -0.2) is 64.1 Å². The Hall–Kier alpha value is -2.77. The molecule has 164 valence electrons. The Labute approximate surface area is 177 Å². The van der Waals surface area contributed by atoms with E-state index >= 15 is 0 Å². The van der Waals surface area contributed by atoms with Crippen LogP contribution in [0.1, 0.15) is 46.5 Å². The highest BCUT2D eigenvalue weighted by molar-refractivity contribution is 5.93. The average molecular weight is 418 g/mol. The summed E-state index contributed by atoms with van der Waals surface area (Å²) < 4.78 is 5.45. The molecule has 1 aromatic rings. The summed E-state index contributed by atoms with van der Waals surface area (Å²) in [5.41, 5.74) is 0.0338. The minimum absolute atomic E-state index is 0.0595. The zero-order valence-electron chi connectivity index (χ0n) is 17.9. The standard InChI is InChI=1S/C22H31N3O5/c1-22(2,3)30-21(29)25-12-4-5-18(25)20(28)24-13-10-15(11-14-24)19(27)23-16-6-8-17(26)9-7-16/h6-9,15,18,26H,4-5,10-14H2,1-3H3,(H,23,27)/t18-/m1/s1. The first-order valence-corrected chi connectivity index (χ1v) is 10.5. The molecule has 0 aliphatic carbocycles. The number of amides is 3. The van der Waals surface area contributed by atoms with Crippen LogP contribution in [0.25, 0.3) is 0 Å². The maximum atomic E-state index is 13.0. The molecule has 0 saturated carbocycles. The van der Waals surface area contributed by atoms with Crippen molar-refractivity contribution >= 4 is 23.6 Å². The van der Waals surface area contributed by atoms with Crippen molar-refractivity contribution in [2.75, 3.05) is 25.0 Å². The molecule has 1 atom stereocenters. The van der Waals surface area contributed by atoms with Gasteiger partial charge in [-0.1, -0.05) is 0 Å². The molecule has 2 saturated heterocycles. The summed E-state index contributed by atoms with van der Waals surface area (Å²) in [6.07, 6.45) is 2.13. The van der Waals surface area contributed by atoms with Crippen molar-refractivity contribution in [1.29, 1.82) is 0 Å². The van der Waals surface area contributed by atoms with Crippen molar-refractivity contribution in [3.8, 4) is 5.75 Å². The Kier molecular flexibility index (Phi) is 6.53. The lowest BCUT2D eigenvalue weighted by Crippen LogP contribution is -2.51. The van der Waals surface area contributed by atoms with E-state index in [1.54, 1.807) is 17.0 Å². The Morgan fingerprint density at radius 1 is 1.03 bits per heavy atom. The molecule has 30 heavy (non-hydrogen) atoms. The molecule has 2 N–H and O–H groups in total. The third-order valence-electron chi connectivity index (χ3n) is 5.48. The number of ether oxygens (including phenoxy) is 1. The summed E-state index contributed by atoms with van der Waals surface area (Å²) >= 11 is 0. The average Bonchev–Trinajstić information content (AvgIpc) is 3.18. The Balaban J connectivity index is 1.52. The van der Waals surface area contributed by atoms with Crippen LogP contribution in [0.2, 0.25) is 0 Å². The Bertz CT molecular complexity index is 779. The topological polar surface area (TPSA) is 99.2 Å². The van der Waals surface area contributed by atoms with Gasteiger partial charge in [-0.15, -0.1) is 0 Å². The molecule has 2 aliphatic heterocycles. The molecule has 0 spiro atoms. The van der Waals surface area contributed by atoms with Gasteiger partial charge in [0.1, 0.15) is 17.4 Å². The van der Waals surface area contributed by atoms with Crippen molar-refractivity contribution < 1.29 is 24.2 Å². The van der Waals surface area contributed by atoms with E-state index in [4.69, 9.17) is 4.74 Å². The second-order valence-corrected chi connectivity index (χ2v) is 8.97. The molecular formula is C22H31N3O5. The highest BCUT2D eigenvalue weighted by Gasteiger charge is 2.39. The van der Waals surface area contributed by atoms with Crippen LogP contribution in [0.5, 0.6) is 5.75 Å². The number of rotatable bonds is 3. The number of aromatic hydroxyl groups is 1. The molecule has 3 rings (SSSR count). The molecule has 8 nitrogen and oxygen atoms in total. The lowest BCUT2D eigenvalue weighted by atomic mass is 9.95. The minimum Gasteiger partial charge on any atom is -0.508 e. The first kappa shape index (κ1) is 21.9. The van der Waals surface area contributed by atoms with E-state index in [9.17, 15) is 19.5 Å². The SMILES string of the molecule is CC(C)(C)OC(=O)N1CCC[C@@H]1C(=O)N1CCC(C(=O)Nc2ccc(O)cc2)CC1. The van der Waals surface area contributed by atoms with Crippen LogP contribution in [0, 0.1) is 5.92 Å². The van der Waals surface area contributed by atoms with Gasteiger partial charge in [-0.3, -0.25) is 14.5 Å². The van der Waals surface area contributed by atoms with E-state index in [1.165, 1.54) is 17.0 Å². The first-order chi connectivity index (χ1) is 14.1. The summed E-state index contributed by atoms with van der Waals surface area (Å²) in [6, 6.07) is 5.86. The largest absolute Gasteiger partial charge is 0.508 e. The van der Waals surface area contributed by atoms with Crippen molar-refractivity contribution in [2.24, 2.45) is 5.92 Å². The van der Waals surface area contributed by atoms with Crippen LogP contribution in [-0.2, 0) is 14.3 Å². The highest BCUT2D eigenvalue weighted by Crippen LogP contribution is 2.26. The molecule has 2 fully saturated rings. The van der Waals surface area contributed by atoms with Gasteiger partial charge in [-0.2, -0.15) is 0 Å². The maximum absolute atomic E-state index is 13.0. The van der Waals surface area contributed by atoms with E-state index in [2.05, 4.69) is 5.32 Å². The summed E-state index contributed by atoms with van der Waals surface area (Å²) in [5.74, 6) is -0.166. The Morgan fingerprint density at radius 2 is 1.67 bits per heavy atom. The van der Waals surface area contributed by atoms with E-state index in [0.717, 1.165) is 6.42 Å². The van der Waals surface area contributed by atoms with Crippen LogP contribution in [0.4, 0.5) is 10.5 Å². The summed E-state index contributed by atoms with van der Waals surface area (Å²) in [5, 5.41) is 12.2. The number of carbonyl (C=O) groups excluding carboxylic acids is 3.